The van der Waals surface area contributed by atoms with Crippen molar-refractivity contribution in [3.05, 3.63) is 40.2 Å². The number of nitrogens with zero attached hydrogens (tertiary/aromatic N) is 3. The molecule has 2 rings (SSSR count). The number of methoxy groups -OCH3 is 2. The highest BCUT2D eigenvalue weighted by Crippen LogP contribution is 2.31. The van der Waals surface area contributed by atoms with E-state index in [1.54, 1.807) is 31.9 Å². The van der Waals surface area contributed by atoms with Crippen molar-refractivity contribution in [2.75, 3.05) is 19.5 Å². The normalized spacial score (nSPS) is 10.2. The van der Waals surface area contributed by atoms with Crippen molar-refractivity contribution in [2.45, 2.75) is 6.54 Å². The topological polar surface area (TPSA) is 91.5 Å². The van der Waals surface area contributed by atoms with Gasteiger partial charge in [0.1, 0.15) is 0 Å². The highest BCUT2D eigenvalue weighted by molar-refractivity contribution is 5.54. The summed E-state index contributed by atoms with van der Waals surface area (Å²) < 4.78 is 12.1. The molecule has 0 radical (unpaired) electrons. The molecule has 0 aliphatic heterocycles. The van der Waals surface area contributed by atoms with Crippen molar-refractivity contribution in [3.63, 3.8) is 0 Å². The smallest absolute Gasteiger partial charge is 0.406 e. The lowest BCUT2D eigenvalue weighted by atomic mass is 10.2. The lowest BCUT2D eigenvalue weighted by molar-refractivity contribution is -0.388. The van der Waals surface area contributed by atoms with Crippen LogP contribution in [0.15, 0.2) is 24.5 Å². The van der Waals surface area contributed by atoms with Crippen molar-refractivity contribution in [2.24, 2.45) is 7.05 Å². The van der Waals surface area contributed by atoms with Gasteiger partial charge in [0, 0.05) is 19.2 Å². The van der Waals surface area contributed by atoms with E-state index in [-0.39, 0.29) is 5.82 Å². The van der Waals surface area contributed by atoms with E-state index in [0.29, 0.717) is 23.9 Å². The molecule has 1 aromatic heterocycles. The zero-order chi connectivity index (χ0) is 15.4. The number of rotatable bonds is 6. The van der Waals surface area contributed by atoms with Crippen LogP contribution in [-0.2, 0) is 13.6 Å². The molecule has 1 aromatic carbocycles. The maximum Gasteiger partial charge on any atom is 0.406 e. The quantitative estimate of drug-likeness (QED) is 0.646. The second-order valence-electron chi connectivity index (χ2n) is 4.29. The van der Waals surface area contributed by atoms with Crippen LogP contribution in [0.3, 0.4) is 0 Å². The minimum absolute atomic E-state index is 0.209. The van der Waals surface area contributed by atoms with Gasteiger partial charge in [0.05, 0.1) is 14.2 Å². The van der Waals surface area contributed by atoms with Gasteiger partial charge >= 0.3 is 5.82 Å². The fourth-order valence-electron chi connectivity index (χ4n) is 2.03. The van der Waals surface area contributed by atoms with Gasteiger partial charge in [0.2, 0.25) is 12.1 Å². The van der Waals surface area contributed by atoms with Crippen LogP contribution >= 0.6 is 0 Å². The molecule has 0 unspecified atom stereocenters. The average molecular weight is 292 g/mol. The van der Waals surface area contributed by atoms with E-state index < -0.39 is 4.92 Å². The van der Waals surface area contributed by atoms with Gasteiger partial charge < -0.3 is 24.9 Å². The Kier molecular flexibility index (Phi) is 4.27. The Balaban J connectivity index is 2.25. The Morgan fingerprint density at radius 2 is 2.14 bits per heavy atom. The van der Waals surface area contributed by atoms with Crippen LogP contribution in [0.2, 0.25) is 0 Å². The number of imidazole rings is 1. The van der Waals surface area contributed by atoms with Crippen LogP contribution in [0.4, 0.5) is 11.6 Å². The lowest BCUT2D eigenvalue weighted by Gasteiger charge is -2.13. The zero-order valence-corrected chi connectivity index (χ0v) is 12.0. The number of nitro groups is 1. The molecule has 21 heavy (non-hydrogen) atoms. The summed E-state index contributed by atoms with van der Waals surface area (Å²) in [4.78, 5) is 14.1. The molecule has 112 valence electrons. The monoisotopic (exact) mass is 292 g/mol. The molecule has 0 spiro atoms. The molecule has 0 saturated heterocycles. The fraction of sp³-hybridized carbons (Fsp3) is 0.308. The molecule has 1 N–H and O–H groups in total. The Bertz CT molecular complexity index is 654. The maximum atomic E-state index is 10.9. The molecule has 0 bridgehead atoms. The number of para-hydroxylation sites is 1. The van der Waals surface area contributed by atoms with E-state index in [1.807, 2.05) is 12.1 Å². The van der Waals surface area contributed by atoms with Crippen LogP contribution in [0.1, 0.15) is 5.56 Å². The van der Waals surface area contributed by atoms with Crippen LogP contribution in [0.5, 0.6) is 11.5 Å². The molecule has 8 heteroatoms. The van der Waals surface area contributed by atoms with E-state index in [9.17, 15) is 10.1 Å². The third-order valence-corrected chi connectivity index (χ3v) is 3.02. The molecule has 0 aliphatic carbocycles. The van der Waals surface area contributed by atoms with Crippen molar-refractivity contribution in [3.8, 4) is 11.5 Å². The summed E-state index contributed by atoms with van der Waals surface area (Å²) in [6, 6.07) is 5.47. The second-order valence-corrected chi connectivity index (χ2v) is 4.29. The summed E-state index contributed by atoms with van der Waals surface area (Å²) in [5.74, 6) is 1.33. The van der Waals surface area contributed by atoms with Gasteiger partial charge in [-0.15, -0.1) is 0 Å². The van der Waals surface area contributed by atoms with Crippen LogP contribution in [-0.4, -0.2) is 28.7 Å². The molecule has 0 atom stereocenters. The number of anilines is 1. The van der Waals surface area contributed by atoms with Crippen molar-refractivity contribution in [1.82, 2.24) is 9.55 Å². The largest absolute Gasteiger partial charge is 0.493 e. The summed E-state index contributed by atoms with van der Waals surface area (Å²) >= 11 is 0. The minimum atomic E-state index is -0.523. The number of hydrogen-bond donors (Lipinski definition) is 1. The van der Waals surface area contributed by atoms with E-state index in [4.69, 9.17) is 9.47 Å². The average Bonchev–Trinajstić information content (AvgIpc) is 2.85. The van der Waals surface area contributed by atoms with Crippen LogP contribution in [0.25, 0.3) is 0 Å². The third-order valence-electron chi connectivity index (χ3n) is 3.02. The zero-order valence-electron chi connectivity index (χ0n) is 12.0. The van der Waals surface area contributed by atoms with Gasteiger partial charge in [-0.2, -0.15) is 0 Å². The molecule has 0 amide bonds. The highest BCUT2D eigenvalue weighted by atomic mass is 16.6. The summed E-state index contributed by atoms with van der Waals surface area (Å²) in [5.41, 5.74) is 0.826. The number of aromatic nitrogens is 2. The van der Waals surface area contributed by atoms with Gasteiger partial charge in [-0.3, -0.25) is 4.57 Å². The summed E-state index contributed by atoms with van der Waals surface area (Å²) in [7, 11) is 4.79. The van der Waals surface area contributed by atoms with Gasteiger partial charge in [-0.1, -0.05) is 12.1 Å². The molecule has 0 saturated carbocycles. The first-order chi connectivity index (χ1) is 10.1. The van der Waals surface area contributed by atoms with Crippen LogP contribution in [0, 0.1) is 10.1 Å². The first-order valence-electron chi connectivity index (χ1n) is 6.18. The Hall–Kier alpha value is -2.77. The minimum Gasteiger partial charge on any atom is -0.493 e. The van der Waals surface area contributed by atoms with Gasteiger partial charge in [-0.05, 0) is 16.0 Å². The summed E-state index contributed by atoms with van der Waals surface area (Å²) in [6.07, 6.45) is 1.39. The Morgan fingerprint density at radius 1 is 1.38 bits per heavy atom. The molecule has 0 aliphatic rings. The summed E-state index contributed by atoms with van der Waals surface area (Å²) in [6.45, 7) is 0.348. The van der Waals surface area contributed by atoms with Gasteiger partial charge in [0.25, 0.3) is 0 Å². The molecule has 0 fully saturated rings. The maximum absolute atomic E-state index is 10.9. The number of hydrogen-bond acceptors (Lipinski definition) is 6. The molecule has 8 nitrogen and oxygen atoms in total. The van der Waals surface area contributed by atoms with E-state index in [1.165, 1.54) is 6.33 Å². The number of nitrogens with one attached hydrogen (secondary N) is 1. The van der Waals surface area contributed by atoms with E-state index in [0.717, 1.165) is 5.56 Å². The van der Waals surface area contributed by atoms with E-state index in [2.05, 4.69) is 10.3 Å². The van der Waals surface area contributed by atoms with Crippen LogP contribution < -0.4 is 14.8 Å². The number of ether oxygens (including phenoxy) is 2. The van der Waals surface area contributed by atoms with Crippen molar-refractivity contribution < 1.29 is 14.4 Å². The predicted octanol–water partition coefficient (Wildman–Crippen LogP) is 1.96. The lowest BCUT2D eigenvalue weighted by Crippen LogP contribution is -2.07. The van der Waals surface area contributed by atoms with Crippen molar-refractivity contribution in [1.29, 1.82) is 0 Å². The Labute approximate surface area is 121 Å². The number of benzene rings is 1. The van der Waals surface area contributed by atoms with E-state index >= 15 is 0 Å². The molecule has 2 aromatic rings. The van der Waals surface area contributed by atoms with Gasteiger partial charge in [0.15, 0.2) is 11.5 Å². The first kappa shape index (κ1) is 14.6. The standard InChI is InChI=1S/C13H16N4O4/c1-16-8-15-13(17(18)19)12(16)14-7-9-5-4-6-10(20-2)11(9)21-3/h4-6,8,14H,7H2,1-3H3. The fourth-order valence-corrected chi connectivity index (χ4v) is 2.03. The van der Waals surface area contributed by atoms with Gasteiger partial charge in [-0.25, -0.2) is 0 Å². The van der Waals surface area contributed by atoms with Crippen molar-refractivity contribution >= 4 is 11.6 Å². The molecular weight excluding hydrogens is 276 g/mol. The SMILES string of the molecule is COc1cccc(CNc2c([N+](=O)[O-])ncn2C)c1OC. The first-order valence-corrected chi connectivity index (χ1v) is 6.18. The Morgan fingerprint density at radius 3 is 2.76 bits per heavy atom. The second kappa shape index (κ2) is 6.12. The third kappa shape index (κ3) is 2.88. The molecule has 1 heterocycles. The highest BCUT2D eigenvalue weighted by Gasteiger charge is 2.20. The molecular formula is C13H16N4O4. The summed E-state index contributed by atoms with van der Waals surface area (Å²) in [5, 5.41) is 13.9. The number of aryl methyl sites for hydroxylation is 1. The predicted molar refractivity (Wildman–Crippen MR) is 76.7 cm³/mol.